The number of anilines is 3. The molecule has 3 N–H and O–H groups in total. The number of nitrogens with two attached hydrogens (primary N) is 1. The molecular weight excluding hydrogens is 338 g/mol. The zero-order chi connectivity index (χ0) is 15.2. The second-order valence-electron chi connectivity index (χ2n) is 4.12. The molecular formula is C13H16BrN5O2. The van der Waals surface area contributed by atoms with E-state index in [1.807, 2.05) is 25.1 Å². The molecule has 0 saturated carbocycles. The van der Waals surface area contributed by atoms with Crippen LogP contribution >= 0.6 is 15.9 Å². The maximum atomic E-state index is 5.66. The van der Waals surface area contributed by atoms with Gasteiger partial charge in [-0.1, -0.05) is 6.92 Å². The van der Waals surface area contributed by atoms with Crippen LogP contribution in [0, 0.1) is 0 Å². The first-order valence-electron chi connectivity index (χ1n) is 6.37. The number of methoxy groups -OCH3 is 1. The van der Waals surface area contributed by atoms with Crippen molar-refractivity contribution in [2.45, 2.75) is 13.3 Å². The fourth-order valence-corrected chi connectivity index (χ4v) is 1.88. The normalized spacial score (nSPS) is 10.2. The highest BCUT2D eigenvalue weighted by Crippen LogP contribution is 2.29. The Morgan fingerprint density at radius 3 is 2.81 bits per heavy atom. The first kappa shape index (κ1) is 15.3. The van der Waals surface area contributed by atoms with Crippen LogP contribution < -0.4 is 20.5 Å². The fraction of sp³-hybridized carbons (Fsp3) is 0.308. The molecule has 0 saturated heterocycles. The van der Waals surface area contributed by atoms with Gasteiger partial charge in [-0.15, -0.1) is 0 Å². The highest BCUT2D eigenvalue weighted by molar-refractivity contribution is 9.10. The largest absolute Gasteiger partial charge is 0.497 e. The molecule has 0 aliphatic rings. The van der Waals surface area contributed by atoms with Crippen molar-refractivity contribution in [1.82, 2.24) is 15.0 Å². The van der Waals surface area contributed by atoms with Gasteiger partial charge in [0.05, 0.1) is 19.4 Å². The van der Waals surface area contributed by atoms with Crippen LogP contribution in [0.3, 0.4) is 0 Å². The summed E-state index contributed by atoms with van der Waals surface area (Å²) in [6.45, 7) is 2.52. The summed E-state index contributed by atoms with van der Waals surface area (Å²) < 4.78 is 11.4. The molecule has 0 spiro atoms. The van der Waals surface area contributed by atoms with Crippen LogP contribution in [-0.4, -0.2) is 28.7 Å². The Morgan fingerprint density at radius 2 is 2.10 bits per heavy atom. The minimum absolute atomic E-state index is 0.0950. The summed E-state index contributed by atoms with van der Waals surface area (Å²) in [6.07, 6.45) is 0.857. The van der Waals surface area contributed by atoms with Crippen LogP contribution in [0.2, 0.25) is 0 Å². The second kappa shape index (κ2) is 7.07. The first-order valence-corrected chi connectivity index (χ1v) is 7.16. The molecule has 0 aliphatic carbocycles. The van der Waals surface area contributed by atoms with E-state index in [2.05, 4.69) is 36.2 Å². The van der Waals surface area contributed by atoms with E-state index in [0.717, 1.165) is 16.6 Å². The summed E-state index contributed by atoms with van der Waals surface area (Å²) >= 11 is 3.44. The van der Waals surface area contributed by atoms with E-state index < -0.39 is 0 Å². The molecule has 112 valence electrons. The van der Waals surface area contributed by atoms with E-state index in [0.29, 0.717) is 18.3 Å². The number of hydrogen-bond acceptors (Lipinski definition) is 7. The van der Waals surface area contributed by atoms with Crippen molar-refractivity contribution in [2.24, 2.45) is 0 Å². The van der Waals surface area contributed by atoms with Crippen molar-refractivity contribution >= 4 is 33.5 Å². The molecule has 1 heterocycles. The van der Waals surface area contributed by atoms with Gasteiger partial charge in [-0.3, -0.25) is 0 Å². The summed E-state index contributed by atoms with van der Waals surface area (Å²) in [7, 11) is 1.60. The molecule has 1 aromatic heterocycles. The number of ether oxygens (including phenoxy) is 2. The number of nitrogen functional groups attached to an aromatic ring is 1. The quantitative estimate of drug-likeness (QED) is 0.824. The molecule has 0 fully saturated rings. The van der Waals surface area contributed by atoms with Gasteiger partial charge in [0.15, 0.2) is 0 Å². The number of nitrogens with zero attached hydrogens (tertiary/aromatic N) is 3. The van der Waals surface area contributed by atoms with E-state index in [4.69, 9.17) is 15.2 Å². The van der Waals surface area contributed by atoms with Crippen molar-refractivity contribution in [3.63, 3.8) is 0 Å². The molecule has 1 aromatic carbocycles. The van der Waals surface area contributed by atoms with Gasteiger partial charge in [-0.2, -0.15) is 15.0 Å². The second-order valence-corrected chi connectivity index (χ2v) is 4.97. The molecule has 0 bridgehead atoms. The van der Waals surface area contributed by atoms with Crippen molar-refractivity contribution in [3.8, 4) is 11.8 Å². The summed E-state index contributed by atoms with van der Waals surface area (Å²) in [5.41, 5.74) is 6.41. The lowest BCUT2D eigenvalue weighted by Crippen LogP contribution is -2.07. The molecule has 7 nitrogen and oxygen atoms in total. The monoisotopic (exact) mass is 353 g/mol. The number of benzene rings is 1. The summed E-state index contributed by atoms with van der Waals surface area (Å²) in [4.78, 5) is 12.1. The van der Waals surface area contributed by atoms with E-state index in [1.165, 1.54) is 0 Å². The minimum Gasteiger partial charge on any atom is -0.497 e. The lowest BCUT2D eigenvalue weighted by atomic mass is 10.3. The summed E-state index contributed by atoms with van der Waals surface area (Å²) in [5.74, 6) is 1.12. The van der Waals surface area contributed by atoms with E-state index in [-0.39, 0.29) is 12.0 Å². The van der Waals surface area contributed by atoms with Crippen LogP contribution in [0.15, 0.2) is 22.7 Å². The number of aromatic nitrogens is 3. The molecule has 21 heavy (non-hydrogen) atoms. The minimum atomic E-state index is 0.0950. The highest BCUT2D eigenvalue weighted by Gasteiger charge is 2.08. The van der Waals surface area contributed by atoms with E-state index in [1.54, 1.807) is 7.11 Å². The molecule has 2 aromatic rings. The predicted octanol–water partition coefficient (Wildman–Crippen LogP) is 2.76. The zero-order valence-corrected chi connectivity index (χ0v) is 13.3. The van der Waals surface area contributed by atoms with E-state index in [9.17, 15) is 0 Å². The first-order chi connectivity index (χ1) is 10.1. The Morgan fingerprint density at radius 1 is 1.29 bits per heavy atom. The van der Waals surface area contributed by atoms with Crippen LogP contribution in [0.5, 0.6) is 11.8 Å². The molecule has 2 rings (SSSR count). The predicted molar refractivity (Wildman–Crippen MR) is 84.0 cm³/mol. The van der Waals surface area contributed by atoms with Gasteiger partial charge in [0.1, 0.15) is 5.75 Å². The lowest BCUT2D eigenvalue weighted by Gasteiger charge is -2.10. The maximum absolute atomic E-state index is 5.66. The molecule has 8 heteroatoms. The van der Waals surface area contributed by atoms with Crippen molar-refractivity contribution in [3.05, 3.63) is 22.7 Å². The van der Waals surface area contributed by atoms with Crippen molar-refractivity contribution in [2.75, 3.05) is 24.8 Å². The fourth-order valence-electron chi connectivity index (χ4n) is 1.53. The van der Waals surface area contributed by atoms with E-state index >= 15 is 0 Å². The number of hydrogen-bond donors (Lipinski definition) is 2. The Bertz CT molecular complexity index is 624. The van der Waals surface area contributed by atoms with Gasteiger partial charge >= 0.3 is 6.01 Å². The summed E-state index contributed by atoms with van der Waals surface area (Å²) in [5, 5.41) is 3.06. The lowest BCUT2D eigenvalue weighted by molar-refractivity contribution is 0.292. The standard InChI is InChI=1S/C13H16BrN5O2/c1-3-6-21-13-18-11(15)17-12(19-13)16-10-7-8(20-2)4-5-9(10)14/h4-5,7H,3,6H2,1-2H3,(H3,15,16,17,18,19). The third-order valence-corrected chi connectivity index (χ3v) is 3.18. The SMILES string of the molecule is CCCOc1nc(N)nc(Nc2cc(OC)ccc2Br)n1. The number of halogens is 1. The Hall–Kier alpha value is -2.09. The highest BCUT2D eigenvalue weighted by atomic mass is 79.9. The van der Waals surface area contributed by atoms with Crippen LogP contribution in [0.1, 0.15) is 13.3 Å². The Labute approximate surface area is 131 Å². The van der Waals surface area contributed by atoms with Gasteiger partial charge in [0.2, 0.25) is 11.9 Å². The maximum Gasteiger partial charge on any atom is 0.323 e. The Balaban J connectivity index is 2.24. The zero-order valence-electron chi connectivity index (χ0n) is 11.8. The van der Waals surface area contributed by atoms with Gasteiger partial charge in [-0.25, -0.2) is 0 Å². The van der Waals surface area contributed by atoms with Gasteiger partial charge in [-0.05, 0) is 34.5 Å². The number of rotatable bonds is 6. The van der Waals surface area contributed by atoms with Gasteiger partial charge < -0.3 is 20.5 Å². The van der Waals surface area contributed by atoms with Gasteiger partial charge in [0.25, 0.3) is 0 Å². The third kappa shape index (κ3) is 4.19. The number of nitrogens with one attached hydrogen (secondary N) is 1. The topological polar surface area (TPSA) is 95.2 Å². The van der Waals surface area contributed by atoms with Gasteiger partial charge in [0, 0.05) is 10.5 Å². The van der Waals surface area contributed by atoms with Crippen LogP contribution in [-0.2, 0) is 0 Å². The Kier molecular flexibility index (Phi) is 5.15. The molecule has 0 aliphatic heterocycles. The molecule has 0 atom stereocenters. The summed E-state index contributed by atoms with van der Waals surface area (Å²) in [6, 6.07) is 5.72. The molecule has 0 amide bonds. The van der Waals surface area contributed by atoms with Crippen molar-refractivity contribution in [1.29, 1.82) is 0 Å². The average molecular weight is 354 g/mol. The molecule has 0 unspecified atom stereocenters. The molecule has 0 radical (unpaired) electrons. The van der Waals surface area contributed by atoms with Crippen molar-refractivity contribution < 1.29 is 9.47 Å². The average Bonchev–Trinajstić information content (AvgIpc) is 2.47. The van der Waals surface area contributed by atoms with Crippen LogP contribution in [0.25, 0.3) is 0 Å². The van der Waals surface area contributed by atoms with Crippen LogP contribution in [0.4, 0.5) is 17.6 Å². The third-order valence-electron chi connectivity index (χ3n) is 2.49. The smallest absolute Gasteiger partial charge is 0.323 e.